The lowest BCUT2D eigenvalue weighted by Gasteiger charge is -2.34. The van der Waals surface area contributed by atoms with Crippen molar-refractivity contribution in [1.29, 1.82) is 0 Å². The van der Waals surface area contributed by atoms with E-state index in [-0.39, 0.29) is 23.3 Å². The zero-order valence-corrected chi connectivity index (χ0v) is 17.6. The van der Waals surface area contributed by atoms with Crippen LogP contribution < -0.4 is 5.59 Å². The van der Waals surface area contributed by atoms with Crippen molar-refractivity contribution in [3.8, 4) is 0 Å². The Bertz CT molecular complexity index is 671. The van der Waals surface area contributed by atoms with Crippen LogP contribution in [0, 0.1) is 0 Å². The molecule has 0 radical (unpaired) electrons. The second kappa shape index (κ2) is 6.81. The number of imidazole rings is 1. The first-order valence-electron chi connectivity index (χ1n) is 9.75. The topological polar surface area (TPSA) is 65.8 Å². The highest BCUT2D eigenvalue weighted by Crippen LogP contribution is 2.36. The van der Waals surface area contributed by atoms with Crippen LogP contribution in [-0.2, 0) is 14.0 Å². The number of aromatic nitrogens is 2. The van der Waals surface area contributed by atoms with Crippen molar-refractivity contribution in [2.45, 2.75) is 84.2 Å². The van der Waals surface area contributed by atoms with Crippen LogP contribution >= 0.6 is 0 Å². The average Bonchev–Trinajstić information content (AvgIpc) is 3.08. The summed E-state index contributed by atoms with van der Waals surface area (Å²) < 4.78 is 20.0. The second-order valence-electron chi connectivity index (χ2n) is 9.51. The molecule has 27 heavy (non-hydrogen) atoms. The van der Waals surface area contributed by atoms with E-state index in [2.05, 4.69) is 9.55 Å². The Hall–Kier alpha value is -1.54. The number of ether oxygens (including phenoxy) is 1. The number of nitrogens with zero attached hydrogens (tertiary/aromatic N) is 3. The van der Waals surface area contributed by atoms with E-state index in [1.54, 1.807) is 4.90 Å². The van der Waals surface area contributed by atoms with Gasteiger partial charge in [0.15, 0.2) is 0 Å². The fraction of sp³-hybridized carbons (Fsp3) is 0.789. The first-order valence-corrected chi connectivity index (χ1v) is 9.75. The fourth-order valence-corrected chi connectivity index (χ4v) is 3.42. The molecule has 150 valence electrons. The van der Waals surface area contributed by atoms with E-state index >= 15 is 0 Å². The monoisotopic (exact) mass is 377 g/mol. The van der Waals surface area contributed by atoms with Crippen molar-refractivity contribution in [3.63, 3.8) is 0 Å². The zero-order chi connectivity index (χ0) is 20.0. The molecule has 2 saturated heterocycles. The number of carbonyl (C=O) groups is 1. The summed E-state index contributed by atoms with van der Waals surface area (Å²) in [5.41, 5.74) is -0.300. The molecule has 0 spiro atoms. The van der Waals surface area contributed by atoms with Crippen molar-refractivity contribution in [1.82, 2.24) is 14.5 Å². The minimum absolute atomic E-state index is 0.238. The largest absolute Gasteiger partial charge is 0.514 e. The van der Waals surface area contributed by atoms with Crippen LogP contribution in [0.1, 0.15) is 67.3 Å². The van der Waals surface area contributed by atoms with Crippen LogP contribution in [0.4, 0.5) is 4.79 Å². The van der Waals surface area contributed by atoms with Crippen LogP contribution in [0.2, 0.25) is 0 Å². The summed E-state index contributed by atoms with van der Waals surface area (Å²) in [7, 11) is -0.429. The minimum atomic E-state index is -0.470. The Labute approximate surface area is 162 Å². The molecular weight excluding hydrogens is 345 g/mol. The molecule has 0 N–H and O–H groups in total. The fourth-order valence-electron chi connectivity index (χ4n) is 3.42. The molecule has 2 aliphatic heterocycles. The Kier molecular flexibility index (Phi) is 5.10. The summed E-state index contributed by atoms with van der Waals surface area (Å²) in [6.45, 7) is 15.2. The summed E-state index contributed by atoms with van der Waals surface area (Å²) in [6, 6.07) is 0.264. The average molecular weight is 377 g/mol. The smallest absolute Gasteiger partial charge is 0.444 e. The van der Waals surface area contributed by atoms with Crippen molar-refractivity contribution < 1.29 is 18.8 Å². The number of piperidine rings is 1. The molecular formula is C19H32BN3O4. The van der Waals surface area contributed by atoms with Crippen LogP contribution in [-0.4, -0.2) is 57.6 Å². The van der Waals surface area contributed by atoms with Gasteiger partial charge in [0, 0.05) is 25.3 Å². The Balaban J connectivity index is 1.66. The molecule has 1 aromatic rings. The first-order chi connectivity index (χ1) is 12.4. The van der Waals surface area contributed by atoms with Gasteiger partial charge in [0.05, 0.1) is 23.1 Å². The van der Waals surface area contributed by atoms with Gasteiger partial charge in [0.25, 0.3) is 0 Å². The first kappa shape index (κ1) is 20.2. The maximum atomic E-state index is 12.3. The number of hydrogen-bond acceptors (Lipinski definition) is 5. The van der Waals surface area contributed by atoms with E-state index in [1.165, 1.54) is 0 Å². The molecule has 0 aliphatic carbocycles. The molecule has 0 unspecified atom stereocenters. The minimum Gasteiger partial charge on any atom is -0.444 e. The van der Waals surface area contributed by atoms with Crippen LogP contribution in [0.25, 0.3) is 0 Å². The highest BCUT2D eigenvalue weighted by atomic mass is 16.7. The number of likely N-dealkylation sites (tertiary alicyclic amines) is 1. The number of amides is 1. The van der Waals surface area contributed by atoms with Gasteiger partial charge in [-0.15, -0.1) is 0 Å². The van der Waals surface area contributed by atoms with Gasteiger partial charge in [-0.2, -0.15) is 0 Å². The lowest BCUT2D eigenvalue weighted by molar-refractivity contribution is 0.00578. The number of rotatable bonds is 2. The molecule has 1 amide bonds. The zero-order valence-electron chi connectivity index (χ0n) is 17.6. The molecule has 0 atom stereocenters. The summed E-state index contributed by atoms with van der Waals surface area (Å²) in [5, 5.41) is 0. The highest BCUT2D eigenvalue weighted by Gasteiger charge is 2.53. The molecule has 3 rings (SSSR count). The van der Waals surface area contributed by atoms with Gasteiger partial charge >= 0.3 is 13.2 Å². The molecule has 3 heterocycles. The lowest BCUT2D eigenvalue weighted by Crippen LogP contribution is -2.45. The van der Waals surface area contributed by atoms with E-state index in [9.17, 15) is 4.79 Å². The Morgan fingerprint density at radius 1 is 1.19 bits per heavy atom. The van der Waals surface area contributed by atoms with Crippen LogP contribution in [0.5, 0.6) is 0 Å². The molecule has 0 bridgehead atoms. The van der Waals surface area contributed by atoms with E-state index in [0.29, 0.717) is 13.1 Å². The summed E-state index contributed by atoms with van der Waals surface area (Å²) in [5.74, 6) is 0. The molecule has 1 aromatic heterocycles. The maximum absolute atomic E-state index is 12.3. The maximum Gasteiger partial charge on any atom is 0.514 e. The van der Waals surface area contributed by atoms with Gasteiger partial charge in [-0.1, -0.05) is 0 Å². The predicted molar refractivity (Wildman–Crippen MR) is 104 cm³/mol. The summed E-state index contributed by atoms with van der Waals surface area (Å²) in [6.07, 6.45) is 5.12. The molecule has 2 aliphatic rings. The van der Waals surface area contributed by atoms with Gasteiger partial charge in [-0.25, -0.2) is 9.78 Å². The number of hydrogen-bond donors (Lipinski definition) is 0. The van der Waals surface area contributed by atoms with E-state index in [4.69, 9.17) is 14.0 Å². The molecule has 0 saturated carbocycles. The van der Waals surface area contributed by atoms with Crippen molar-refractivity contribution >= 4 is 18.8 Å². The van der Waals surface area contributed by atoms with Crippen molar-refractivity contribution in [3.05, 3.63) is 12.5 Å². The van der Waals surface area contributed by atoms with E-state index in [1.807, 2.05) is 61.0 Å². The predicted octanol–water partition coefficient (Wildman–Crippen LogP) is 2.75. The standard InChI is InChI=1S/C19H32BN3O4/c1-17(2,3)25-16(24)22-10-8-14(9-11-22)23-13-21-12-15(23)20-26-18(4,5)19(6,7)27-20/h12-14H,8-11H2,1-7H3. The van der Waals surface area contributed by atoms with Crippen molar-refractivity contribution in [2.75, 3.05) is 13.1 Å². The van der Waals surface area contributed by atoms with Gasteiger partial charge in [0.1, 0.15) is 5.60 Å². The molecule has 7 nitrogen and oxygen atoms in total. The van der Waals surface area contributed by atoms with Gasteiger partial charge in [-0.05, 0) is 61.3 Å². The lowest BCUT2D eigenvalue weighted by atomic mass is 9.84. The SMILES string of the molecule is CC(C)(C)OC(=O)N1CCC(n2cncc2B2OC(C)(C)C(C)(C)O2)CC1. The highest BCUT2D eigenvalue weighted by molar-refractivity contribution is 6.61. The summed E-state index contributed by atoms with van der Waals surface area (Å²) >= 11 is 0. The molecule has 0 aromatic carbocycles. The van der Waals surface area contributed by atoms with E-state index < -0.39 is 12.7 Å². The number of carbonyl (C=O) groups excluding carboxylic acids is 1. The quantitative estimate of drug-likeness (QED) is 0.742. The third-order valence-corrected chi connectivity index (χ3v) is 5.70. The van der Waals surface area contributed by atoms with Crippen molar-refractivity contribution in [2.24, 2.45) is 0 Å². The molecule has 8 heteroatoms. The normalized spacial score (nSPS) is 22.9. The third-order valence-electron chi connectivity index (χ3n) is 5.70. The van der Waals surface area contributed by atoms with E-state index in [0.717, 1.165) is 18.4 Å². The van der Waals surface area contributed by atoms with Crippen LogP contribution in [0.15, 0.2) is 12.5 Å². The third kappa shape index (κ3) is 4.16. The Morgan fingerprint density at radius 2 is 1.74 bits per heavy atom. The molecule has 2 fully saturated rings. The second-order valence-corrected chi connectivity index (χ2v) is 9.51. The Morgan fingerprint density at radius 3 is 2.26 bits per heavy atom. The van der Waals surface area contributed by atoms with Gasteiger partial charge in [0.2, 0.25) is 0 Å². The van der Waals surface area contributed by atoms with Crippen LogP contribution in [0.3, 0.4) is 0 Å². The summed E-state index contributed by atoms with van der Waals surface area (Å²) in [4.78, 5) is 18.4. The van der Waals surface area contributed by atoms with Gasteiger partial charge in [-0.3, -0.25) is 0 Å². The van der Waals surface area contributed by atoms with Gasteiger partial charge < -0.3 is 23.5 Å².